The Balaban J connectivity index is 1.47. The van der Waals surface area contributed by atoms with Crippen LogP contribution in [0.25, 0.3) is 0 Å². The lowest BCUT2D eigenvalue weighted by molar-refractivity contribution is -0.190. The van der Waals surface area contributed by atoms with Crippen molar-refractivity contribution >= 4 is 5.91 Å². The smallest absolute Gasteiger partial charge is 0.387 e. The molecule has 7 heteroatoms. The van der Waals surface area contributed by atoms with E-state index in [-0.39, 0.29) is 35.0 Å². The van der Waals surface area contributed by atoms with E-state index in [0.717, 1.165) is 18.4 Å². The monoisotopic (exact) mass is 445 g/mol. The third kappa shape index (κ3) is 5.10. The second-order valence-electron chi connectivity index (χ2n) is 8.38. The van der Waals surface area contributed by atoms with Crippen molar-refractivity contribution in [2.45, 2.75) is 57.0 Å². The number of piperidine rings is 1. The number of para-hydroxylation sites is 1. The van der Waals surface area contributed by atoms with Crippen LogP contribution < -0.4 is 4.74 Å². The first kappa shape index (κ1) is 22.7. The van der Waals surface area contributed by atoms with Crippen molar-refractivity contribution in [2.75, 3.05) is 19.7 Å². The lowest BCUT2D eigenvalue weighted by atomic mass is 9.80. The Hall–Kier alpha value is -2.51. The maximum Gasteiger partial charge on any atom is 0.387 e. The van der Waals surface area contributed by atoms with E-state index in [4.69, 9.17) is 9.47 Å². The standard InChI is InChI=1S/C25H29F2NO4/c1-2-30-19-16-22(18-8-4-3-5-9-18)32-25(17-19)12-14-28(15-13-25)23(29)20-10-6-7-11-21(20)31-24(26)27/h3-11,19,22,24H,2,12-17H2,1H3/t19-,22-/m0/s1. The van der Waals surface area contributed by atoms with Gasteiger partial charge in [-0.15, -0.1) is 0 Å². The van der Waals surface area contributed by atoms with E-state index in [1.54, 1.807) is 17.0 Å². The normalized spacial score (nSPS) is 22.8. The molecule has 0 unspecified atom stereocenters. The topological polar surface area (TPSA) is 48.0 Å². The largest absolute Gasteiger partial charge is 0.434 e. The lowest BCUT2D eigenvalue weighted by Gasteiger charge is -2.48. The average molecular weight is 446 g/mol. The minimum absolute atomic E-state index is 0.0519. The highest BCUT2D eigenvalue weighted by Gasteiger charge is 2.45. The molecule has 0 aromatic heterocycles. The Bertz CT molecular complexity index is 900. The molecule has 0 radical (unpaired) electrons. The van der Waals surface area contributed by atoms with Crippen LogP contribution in [0.3, 0.4) is 0 Å². The van der Waals surface area contributed by atoms with Gasteiger partial charge in [0, 0.05) is 32.5 Å². The Kier molecular flexibility index (Phi) is 7.06. The quantitative estimate of drug-likeness (QED) is 0.612. The molecule has 2 aromatic carbocycles. The second-order valence-corrected chi connectivity index (χ2v) is 8.38. The highest BCUT2D eigenvalue weighted by atomic mass is 19.3. The van der Waals surface area contributed by atoms with Gasteiger partial charge >= 0.3 is 6.61 Å². The van der Waals surface area contributed by atoms with Gasteiger partial charge in [-0.2, -0.15) is 8.78 Å². The van der Waals surface area contributed by atoms with Crippen LogP contribution >= 0.6 is 0 Å². The summed E-state index contributed by atoms with van der Waals surface area (Å²) >= 11 is 0. The zero-order chi connectivity index (χ0) is 22.6. The Morgan fingerprint density at radius 3 is 2.50 bits per heavy atom. The van der Waals surface area contributed by atoms with E-state index in [1.165, 1.54) is 12.1 Å². The number of alkyl halides is 2. The fraction of sp³-hybridized carbons (Fsp3) is 0.480. The summed E-state index contributed by atoms with van der Waals surface area (Å²) < 4.78 is 42.7. The first-order valence-corrected chi connectivity index (χ1v) is 11.2. The molecule has 0 saturated carbocycles. The number of nitrogens with zero attached hydrogens (tertiary/aromatic N) is 1. The van der Waals surface area contributed by atoms with Crippen LogP contribution in [-0.2, 0) is 9.47 Å². The Labute approximate surface area is 187 Å². The molecule has 2 fully saturated rings. The van der Waals surface area contributed by atoms with Crippen LogP contribution in [-0.4, -0.2) is 48.8 Å². The summed E-state index contributed by atoms with van der Waals surface area (Å²) in [7, 11) is 0. The highest BCUT2D eigenvalue weighted by Crippen LogP contribution is 2.44. The maximum atomic E-state index is 13.1. The molecule has 2 aliphatic rings. The maximum absolute atomic E-state index is 13.1. The fourth-order valence-corrected chi connectivity index (χ4v) is 4.82. The summed E-state index contributed by atoms with van der Waals surface area (Å²) in [4.78, 5) is 14.8. The molecule has 2 atom stereocenters. The van der Waals surface area contributed by atoms with Crippen molar-refractivity contribution in [3.8, 4) is 5.75 Å². The van der Waals surface area contributed by atoms with E-state index in [0.29, 0.717) is 32.5 Å². The Morgan fingerprint density at radius 2 is 1.81 bits per heavy atom. The van der Waals surface area contributed by atoms with Gasteiger partial charge in [0.25, 0.3) is 5.91 Å². The molecule has 0 bridgehead atoms. The molecule has 1 spiro atoms. The number of carbonyl (C=O) groups excluding carboxylic acids is 1. The average Bonchev–Trinajstić information content (AvgIpc) is 2.80. The third-order valence-corrected chi connectivity index (χ3v) is 6.34. The summed E-state index contributed by atoms with van der Waals surface area (Å²) in [6.07, 6.45) is 2.98. The first-order valence-electron chi connectivity index (χ1n) is 11.2. The van der Waals surface area contributed by atoms with Gasteiger partial charge in [-0.05, 0) is 37.5 Å². The van der Waals surface area contributed by atoms with Crippen molar-refractivity contribution in [1.82, 2.24) is 4.90 Å². The number of hydrogen-bond acceptors (Lipinski definition) is 4. The molecule has 2 saturated heterocycles. The van der Waals surface area contributed by atoms with Gasteiger partial charge < -0.3 is 19.1 Å². The SMILES string of the molecule is CCO[C@H]1C[C@@H](c2ccccc2)OC2(CCN(C(=O)c3ccccc3OC(F)F)CC2)C1. The number of ether oxygens (including phenoxy) is 3. The molecule has 4 rings (SSSR count). The van der Waals surface area contributed by atoms with Crippen molar-refractivity contribution in [1.29, 1.82) is 0 Å². The predicted octanol–water partition coefficient (Wildman–Crippen LogP) is 5.22. The van der Waals surface area contributed by atoms with Gasteiger partial charge in [-0.3, -0.25) is 4.79 Å². The summed E-state index contributed by atoms with van der Waals surface area (Å²) in [5.41, 5.74) is 0.921. The van der Waals surface area contributed by atoms with E-state index in [2.05, 4.69) is 16.9 Å². The van der Waals surface area contributed by atoms with Crippen molar-refractivity contribution in [3.05, 3.63) is 65.7 Å². The number of amides is 1. The number of benzene rings is 2. The van der Waals surface area contributed by atoms with Crippen molar-refractivity contribution in [3.63, 3.8) is 0 Å². The molecule has 1 amide bonds. The zero-order valence-corrected chi connectivity index (χ0v) is 18.2. The molecule has 2 aromatic rings. The molecule has 5 nitrogen and oxygen atoms in total. The summed E-state index contributed by atoms with van der Waals surface area (Å²) in [5, 5.41) is 0. The number of hydrogen-bond donors (Lipinski definition) is 0. The summed E-state index contributed by atoms with van der Waals surface area (Å²) in [5.74, 6) is -0.393. The molecule has 0 aliphatic carbocycles. The number of halogens is 2. The lowest BCUT2D eigenvalue weighted by Crippen LogP contribution is -2.52. The molecule has 2 aliphatic heterocycles. The van der Waals surface area contributed by atoms with Crippen LogP contribution in [0.5, 0.6) is 5.75 Å². The minimum atomic E-state index is -2.98. The summed E-state index contributed by atoms with van der Waals surface area (Å²) in [6.45, 7) is 0.646. The van der Waals surface area contributed by atoms with Gasteiger partial charge in [0.1, 0.15) is 5.75 Å². The van der Waals surface area contributed by atoms with Crippen LogP contribution in [0.1, 0.15) is 54.6 Å². The zero-order valence-electron chi connectivity index (χ0n) is 18.2. The van der Waals surface area contributed by atoms with E-state index >= 15 is 0 Å². The fourth-order valence-electron chi connectivity index (χ4n) is 4.82. The molecular weight excluding hydrogens is 416 g/mol. The van der Waals surface area contributed by atoms with Gasteiger partial charge in [-0.25, -0.2) is 0 Å². The van der Waals surface area contributed by atoms with Gasteiger partial charge in [0.05, 0.1) is 23.4 Å². The number of rotatable bonds is 6. The Morgan fingerprint density at radius 1 is 1.12 bits per heavy atom. The summed E-state index contributed by atoms with van der Waals surface area (Å²) in [6, 6.07) is 16.3. The van der Waals surface area contributed by atoms with Crippen molar-refractivity contribution in [2.24, 2.45) is 0 Å². The van der Waals surface area contributed by atoms with Gasteiger partial charge in [-0.1, -0.05) is 42.5 Å². The predicted molar refractivity (Wildman–Crippen MR) is 116 cm³/mol. The van der Waals surface area contributed by atoms with E-state index in [9.17, 15) is 13.6 Å². The van der Waals surface area contributed by atoms with E-state index < -0.39 is 6.61 Å². The highest BCUT2D eigenvalue weighted by molar-refractivity contribution is 5.97. The van der Waals surface area contributed by atoms with Crippen LogP contribution in [0.2, 0.25) is 0 Å². The van der Waals surface area contributed by atoms with Crippen molar-refractivity contribution < 1.29 is 27.8 Å². The molecule has 0 N–H and O–H groups in total. The molecular formula is C25H29F2NO4. The first-order chi connectivity index (χ1) is 15.5. The third-order valence-electron chi connectivity index (χ3n) is 6.34. The molecule has 172 valence electrons. The second kappa shape index (κ2) is 9.96. The van der Waals surface area contributed by atoms with Gasteiger partial charge in [0.15, 0.2) is 0 Å². The minimum Gasteiger partial charge on any atom is -0.434 e. The number of likely N-dealkylation sites (tertiary alicyclic amines) is 1. The number of carbonyl (C=O) groups is 1. The van der Waals surface area contributed by atoms with Crippen LogP contribution in [0, 0.1) is 0 Å². The van der Waals surface area contributed by atoms with Gasteiger partial charge in [0.2, 0.25) is 0 Å². The van der Waals surface area contributed by atoms with E-state index in [1.807, 2.05) is 25.1 Å². The molecule has 2 heterocycles. The molecule has 32 heavy (non-hydrogen) atoms. The van der Waals surface area contributed by atoms with Crippen LogP contribution in [0.15, 0.2) is 54.6 Å². The van der Waals surface area contributed by atoms with Crippen LogP contribution in [0.4, 0.5) is 8.78 Å².